The topological polar surface area (TPSA) is 99.0 Å². The SMILES string of the molecule is COC(=O)c1c(N(C)C(=O)OC(C)(C)C)cc(F)cc1[N+](=O)[O-]. The number of carbonyl (C=O) groups excluding carboxylic acids is 2. The number of hydrogen-bond donors (Lipinski definition) is 0. The van der Waals surface area contributed by atoms with E-state index in [0.29, 0.717) is 6.07 Å². The summed E-state index contributed by atoms with van der Waals surface area (Å²) in [4.78, 5) is 34.9. The molecule has 0 bridgehead atoms. The molecular formula is C14H17FN2O6. The molecule has 0 saturated carbocycles. The fourth-order valence-electron chi connectivity index (χ4n) is 1.73. The molecule has 0 fully saturated rings. The summed E-state index contributed by atoms with van der Waals surface area (Å²) in [6, 6.07) is 1.40. The average molecular weight is 328 g/mol. The quantitative estimate of drug-likeness (QED) is 0.480. The number of ether oxygens (including phenoxy) is 2. The summed E-state index contributed by atoms with van der Waals surface area (Å²) in [5.41, 5.74) is -2.50. The molecule has 0 spiro atoms. The van der Waals surface area contributed by atoms with Crippen molar-refractivity contribution in [2.75, 3.05) is 19.1 Å². The van der Waals surface area contributed by atoms with E-state index in [0.717, 1.165) is 18.1 Å². The standard InChI is InChI=1S/C14H17FN2O6/c1-14(2,3)23-13(19)16(4)9-6-8(15)7-10(17(20)21)11(9)12(18)22-5/h6-7H,1-5H3. The Kier molecular flexibility index (Phi) is 5.26. The van der Waals surface area contributed by atoms with E-state index in [1.807, 2.05) is 0 Å². The number of carbonyl (C=O) groups is 2. The average Bonchev–Trinajstić information content (AvgIpc) is 2.42. The van der Waals surface area contributed by atoms with E-state index in [2.05, 4.69) is 4.74 Å². The molecule has 0 unspecified atom stereocenters. The van der Waals surface area contributed by atoms with Gasteiger partial charge >= 0.3 is 12.1 Å². The van der Waals surface area contributed by atoms with Gasteiger partial charge < -0.3 is 9.47 Å². The number of anilines is 1. The second kappa shape index (κ2) is 6.59. The maximum atomic E-state index is 13.7. The molecule has 0 aliphatic carbocycles. The van der Waals surface area contributed by atoms with Gasteiger partial charge in [0, 0.05) is 7.05 Å². The van der Waals surface area contributed by atoms with Gasteiger partial charge in [-0.1, -0.05) is 0 Å². The summed E-state index contributed by atoms with van der Waals surface area (Å²) in [6.07, 6.45) is -0.900. The van der Waals surface area contributed by atoms with E-state index < -0.39 is 39.7 Å². The molecular weight excluding hydrogens is 311 g/mol. The first-order valence-corrected chi connectivity index (χ1v) is 6.51. The summed E-state index contributed by atoms with van der Waals surface area (Å²) in [5, 5.41) is 11.1. The van der Waals surface area contributed by atoms with Crippen LogP contribution in [0.5, 0.6) is 0 Å². The molecule has 8 nitrogen and oxygen atoms in total. The third-order valence-electron chi connectivity index (χ3n) is 2.68. The molecule has 0 atom stereocenters. The van der Waals surface area contributed by atoms with Gasteiger partial charge in [-0.05, 0) is 26.8 Å². The van der Waals surface area contributed by atoms with Crippen molar-refractivity contribution in [2.24, 2.45) is 0 Å². The van der Waals surface area contributed by atoms with Crippen molar-refractivity contribution >= 4 is 23.4 Å². The Bertz CT molecular complexity index is 653. The normalized spacial score (nSPS) is 10.9. The monoisotopic (exact) mass is 328 g/mol. The van der Waals surface area contributed by atoms with E-state index in [1.165, 1.54) is 7.05 Å². The third-order valence-corrected chi connectivity index (χ3v) is 2.68. The summed E-state index contributed by atoms with van der Waals surface area (Å²) in [6.45, 7) is 4.86. The van der Waals surface area contributed by atoms with Gasteiger partial charge in [-0.3, -0.25) is 15.0 Å². The number of benzene rings is 1. The fourth-order valence-corrected chi connectivity index (χ4v) is 1.73. The van der Waals surface area contributed by atoms with Crippen molar-refractivity contribution in [1.82, 2.24) is 0 Å². The number of nitro benzene ring substituents is 1. The number of hydrogen-bond acceptors (Lipinski definition) is 6. The molecule has 0 heterocycles. The highest BCUT2D eigenvalue weighted by atomic mass is 19.1. The number of nitrogens with zero attached hydrogens (tertiary/aromatic N) is 2. The van der Waals surface area contributed by atoms with Gasteiger partial charge in [0.2, 0.25) is 0 Å². The number of esters is 1. The Morgan fingerprint density at radius 3 is 2.30 bits per heavy atom. The Morgan fingerprint density at radius 2 is 1.87 bits per heavy atom. The molecule has 1 amide bonds. The van der Waals surface area contributed by atoms with Crippen molar-refractivity contribution < 1.29 is 28.4 Å². The molecule has 0 saturated heterocycles. The van der Waals surface area contributed by atoms with Crippen LogP contribution in [-0.4, -0.2) is 36.7 Å². The second-order valence-electron chi connectivity index (χ2n) is 5.61. The number of nitro groups is 1. The first-order valence-electron chi connectivity index (χ1n) is 6.51. The van der Waals surface area contributed by atoms with Crippen LogP contribution in [0.3, 0.4) is 0 Å². The zero-order valence-electron chi connectivity index (χ0n) is 13.4. The third kappa shape index (κ3) is 4.38. The molecule has 1 rings (SSSR count). The lowest BCUT2D eigenvalue weighted by molar-refractivity contribution is -0.385. The molecule has 0 radical (unpaired) electrons. The van der Waals surface area contributed by atoms with Crippen molar-refractivity contribution in [1.29, 1.82) is 0 Å². The highest BCUT2D eigenvalue weighted by Crippen LogP contribution is 2.31. The number of rotatable bonds is 3. The Hall–Kier alpha value is -2.71. The summed E-state index contributed by atoms with van der Waals surface area (Å²) in [7, 11) is 2.23. The van der Waals surface area contributed by atoms with Crippen LogP contribution in [0.15, 0.2) is 12.1 Å². The van der Waals surface area contributed by atoms with Crippen LogP contribution in [0.25, 0.3) is 0 Å². The first-order chi connectivity index (χ1) is 10.5. The fraction of sp³-hybridized carbons (Fsp3) is 0.429. The van der Waals surface area contributed by atoms with Gasteiger partial charge in [-0.25, -0.2) is 14.0 Å². The minimum atomic E-state index is -1.07. The molecule has 0 aliphatic heterocycles. The minimum Gasteiger partial charge on any atom is -0.465 e. The lowest BCUT2D eigenvalue weighted by Crippen LogP contribution is -2.35. The lowest BCUT2D eigenvalue weighted by Gasteiger charge is -2.25. The molecule has 0 N–H and O–H groups in total. The largest absolute Gasteiger partial charge is 0.465 e. The van der Waals surface area contributed by atoms with Crippen LogP contribution in [0, 0.1) is 15.9 Å². The van der Waals surface area contributed by atoms with E-state index in [4.69, 9.17) is 4.74 Å². The van der Waals surface area contributed by atoms with Gasteiger partial charge in [0.25, 0.3) is 5.69 Å². The van der Waals surface area contributed by atoms with Gasteiger partial charge in [-0.15, -0.1) is 0 Å². The van der Waals surface area contributed by atoms with Crippen LogP contribution in [0.1, 0.15) is 31.1 Å². The summed E-state index contributed by atoms with van der Waals surface area (Å²) >= 11 is 0. The van der Waals surface area contributed by atoms with Crippen LogP contribution in [0.4, 0.5) is 20.6 Å². The molecule has 126 valence electrons. The summed E-state index contributed by atoms with van der Waals surface area (Å²) in [5.74, 6) is -2.04. The zero-order valence-corrected chi connectivity index (χ0v) is 13.4. The lowest BCUT2D eigenvalue weighted by atomic mass is 10.1. The first kappa shape index (κ1) is 18.3. The van der Waals surface area contributed by atoms with Gasteiger partial charge in [0.05, 0.1) is 23.8 Å². The minimum absolute atomic E-state index is 0.321. The zero-order chi connectivity index (χ0) is 17.9. The maximum absolute atomic E-state index is 13.7. The number of halogens is 1. The number of methoxy groups -OCH3 is 1. The van der Waals surface area contributed by atoms with Crippen LogP contribution in [0.2, 0.25) is 0 Å². The van der Waals surface area contributed by atoms with Crippen molar-refractivity contribution in [3.63, 3.8) is 0 Å². The second-order valence-corrected chi connectivity index (χ2v) is 5.61. The van der Waals surface area contributed by atoms with Gasteiger partial charge in [0.1, 0.15) is 11.4 Å². The molecule has 23 heavy (non-hydrogen) atoms. The maximum Gasteiger partial charge on any atom is 0.414 e. The Morgan fingerprint density at radius 1 is 1.30 bits per heavy atom. The van der Waals surface area contributed by atoms with Crippen LogP contribution < -0.4 is 4.90 Å². The van der Waals surface area contributed by atoms with Crippen LogP contribution >= 0.6 is 0 Å². The Labute approximate surface area is 131 Å². The highest BCUT2D eigenvalue weighted by molar-refractivity contribution is 6.04. The molecule has 0 aromatic heterocycles. The molecule has 9 heteroatoms. The van der Waals surface area contributed by atoms with E-state index in [1.54, 1.807) is 20.8 Å². The predicted octanol–water partition coefficient (Wildman–Crippen LogP) is 2.89. The summed E-state index contributed by atoms with van der Waals surface area (Å²) < 4.78 is 23.3. The molecule has 1 aromatic carbocycles. The van der Waals surface area contributed by atoms with E-state index in [9.17, 15) is 24.1 Å². The smallest absolute Gasteiger partial charge is 0.414 e. The van der Waals surface area contributed by atoms with E-state index >= 15 is 0 Å². The van der Waals surface area contributed by atoms with Gasteiger partial charge in [-0.2, -0.15) is 0 Å². The predicted molar refractivity (Wildman–Crippen MR) is 79.0 cm³/mol. The van der Waals surface area contributed by atoms with Crippen LogP contribution in [-0.2, 0) is 9.47 Å². The molecule has 1 aromatic rings. The van der Waals surface area contributed by atoms with E-state index in [-0.39, 0.29) is 5.69 Å². The van der Waals surface area contributed by atoms with Crippen molar-refractivity contribution in [2.45, 2.75) is 26.4 Å². The van der Waals surface area contributed by atoms with Crippen molar-refractivity contribution in [3.05, 3.63) is 33.6 Å². The molecule has 0 aliphatic rings. The van der Waals surface area contributed by atoms with Gasteiger partial charge in [0.15, 0.2) is 5.56 Å². The highest BCUT2D eigenvalue weighted by Gasteiger charge is 2.31. The number of amides is 1. The van der Waals surface area contributed by atoms with Crippen molar-refractivity contribution in [3.8, 4) is 0 Å². The Balaban J connectivity index is 3.47.